The summed E-state index contributed by atoms with van der Waals surface area (Å²) >= 11 is 0. The number of benzene rings is 1. The van der Waals surface area contributed by atoms with Gasteiger partial charge in [0, 0.05) is 29.2 Å². The number of nitrogens with zero attached hydrogens (tertiary/aromatic N) is 3. The van der Waals surface area contributed by atoms with Crippen LogP contribution in [0.3, 0.4) is 0 Å². The van der Waals surface area contributed by atoms with Crippen LogP contribution >= 0.6 is 0 Å². The summed E-state index contributed by atoms with van der Waals surface area (Å²) in [5, 5.41) is 15.3. The molecule has 2 aromatic rings. The van der Waals surface area contributed by atoms with Gasteiger partial charge in [-0.05, 0) is 45.4 Å². The molecule has 3 amide bonds. The molecule has 28 heavy (non-hydrogen) atoms. The molecule has 3 rings (SSSR count). The van der Waals surface area contributed by atoms with Crippen LogP contribution in [0.2, 0.25) is 0 Å². The molecule has 0 saturated carbocycles. The zero-order valence-electron chi connectivity index (χ0n) is 16.1. The van der Waals surface area contributed by atoms with E-state index in [4.69, 9.17) is 5.26 Å². The van der Waals surface area contributed by atoms with Crippen LogP contribution in [-0.4, -0.2) is 52.0 Å². The van der Waals surface area contributed by atoms with Crippen LogP contribution in [0.25, 0.3) is 10.9 Å². The van der Waals surface area contributed by atoms with Crippen molar-refractivity contribution in [3.8, 4) is 6.07 Å². The summed E-state index contributed by atoms with van der Waals surface area (Å²) in [4.78, 5) is 38.9. The maximum absolute atomic E-state index is 12.7. The van der Waals surface area contributed by atoms with Gasteiger partial charge in [0.15, 0.2) is 0 Å². The maximum atomic E-state index is 12.7. The summed E-state index contributed by atoms with van der Waals surface area (Å²) in [7, 11) is 0. The summed E-state index contributed by atoms with van der Waals surface area (Å²) < 4.78 is 1.46. The molecule has 0 aliphatic carbocycles. The first kappa shape index (κ1) is 19.4. The van der Waals surface area contributed by atoms with E-state index >= 15 is 0 Å². The number of hydrogen-bond acceptors (Lipinski definition) is 4. The number of carbonyl (C=O) groups excluding carboxylic acids is 3. The van der Waals surface area contributed by atoms with Crippen LogP contribution in [0.4, 0.5) is 4.79 Å². The Morgan fingerprint density at radius 2 is 2.07 bits per heavy atom. The Hall–Kier alpha value is -3.34. The van der Waals surface area contributed by atoms with E-state index in [0.717, 1.165) is 5.39 Å². The average molecular weight is 381 g/mol. The lowest BCUT2D eigenvalue weighted by Gasteiger charge is -2.17. The van der Waals surface area contributed by atoms with Gasteiger partial charge in [-0.25, -0.2) is 4.79 Å². The first-order chi connectivity index (χ1) is 13.3. The van der Waals surface area contributed by atoms with Gasteiger partial charge < -0.3 is 15.5 Å². The molecular weight excluding hydrogens is 358 g/mol. The third-order valence-corrected chi connectivity index (χ3v) is 4.82. The van der Waals surface area contributed by atoms with Crippen molar-refractivity contribution in [3.05, 3.63) is 36.0 Å². The van der Waals surface area contributed by atoms with Crippen molar-refractivity contribution in [3.63, 3.8) is 0 Å². The number of fused-ring (bicyclic) bond motifs is 1. The minimum Gasteiger partial charge on any atom is -0.340 e. The minimum atomic E-state index is -0.650. The van der Waals surface area contributed by atoms with Gasteiger partial charge in [-0.2, -0.15) is 5.26 Å². The van der Waals surface area contributed by atoms with Crippen LogP contribution in [0.15, 0.2) is 30.5 Å². The van der Waals surface area contributed by atoms with E-state index in [1.807, 2.05) is 26.8 Å². The third kappa shape index (κ3) is 3.69. The Bertz CT molecular complexity index is 972. The monoisotopic (exact) mass is 381 g/mol. The van der Waals surface area contributed by atoms with E-state index in [0.29, 0.717) is 17.5 Å². The first-order valence-corrected chi connectivity index (χ1v) is 9.22. The Kier molecular flexibility index (Phi) is 5.36. The fourth-order valence-electron chi connectivity index (χ4n) is 3.42. The Morgan fingerprint density at radius 1 is 1.32 bits per heavy atom. The van der Waals surface area contributed by atoms with Gasteiger partial charge in [-0.1, -0.05) is 6.07 Å². The molecule has 0 bridgehead atoms. The van der Waals surface area contributed by atoms with Crippen LogP contribution in [-0.2, 0) is 4.79 Å². The second-order valence-corrected chi connectivity index (χ2v) is 7.30. The average Bonchev–Trinajstić information content (AvgIpc) is 3.17. The van der Waals surface area contributed by atoms with Crippen LogP contribution in [0.5, 0.6) is 0 Å². The van der Waals surface area contributed by atoms with Crippen molar-refractivity contribution in [1.82, 2.24) is 20.1 Å². The second kappa shape index (κ2) is 7.72. The molecule has 1 aliphatic heterocycles. The Labute approximate surface area is 163 Å². The predicted octanol–water partition coefficient (Wildman–Crippen LogP) is 1.85. The van der Waals surface area contributed by atoms with E-state index in [1.54, 1.807) is 30.5 Å². The quantitative estimate of drug-likeness (QED) is 0.788. The summed E-state index contributed by atoms with van der Waals surface area (Å²) in [6.07, 6.45) is 2.12. The molecule has 146 valence electrons. The molecule has 2 unspecified atom stereocenters. The van der Waals surface area contributed by atoms with Gasteiger partial charge in [0.25, 0.3) is 5.91 Å². The molecule has 1 aromatic carbocycles. The van der Waals surface area contributed by atoms with Crippen molar-refractivity contribution in [1.29, 1.82) is 5.26 Å². The molecule has 2 N–H and O–H groups in total. The van der Waals surface area contributed by atoms with Gasteiger partial charge in [-0.3, -0.25) is 14.2 Å². The normalized spacial score (nSPS) is 19.1. The minimum absolute atomic E-state index is 0.0107. The van der Waals surface area contributed by atoms with Crippen molar-refractivity contribution >= 4 is 28.7 Å². The number of rotatable bonds is 4. The number of nitriles is 1. The van der Waals surface area contributed by atoms with E-state index < -0.39 is 6.04 Å². The first-order valence-electron chi connectivity index (χ1n) is 9.22. The van der Waals surface area contributed by atoms with E-state index in [1.165, 1.54) is 9.47 Å². The maximum Gasteiger partial charge on any atom is 0.326 e. The Morgan fingerprint density at radius 3 is 2.75 bits per heavy atom. The SMILES string of the molecule is CC(C)NC(=O)n1ccc2ccc(C(=O)NC3CC(C)N(CC#N)C3=O)cc21. The van der Waals surface area contributed by atoms with Crippen LogP contribution in [0, 0.1) is 11.3 Å². The molecule has 8 nitrogen and oxygen atoms in total. The van der Waals surface area contributed by atoms with Crippen LogP contribution < -0.4 is 10.6 Å². The van der Waals surface area contributed by atoms with Gasteiger partial charge in [-0.15, -0.1) is 0 Å². The number of likely N-dealkylation sites (tertiary alicyclic amines) is 1. The highest BCUT2D eigenvalue weighted by atomic mass is 16.2. The number of nitrogens with one attached hydrogen (secondary N) is 2. The summed E-state index contributed by atoms with van der Waals surface area (Å²) in [6, 6.07) is 7.82. The topological polar surface area (TPSA) is 107 Å². The lowest BCUT2D eigenvalue weighted by molar-refractivity contribution is -0.129. The van der Waals surface area contributed by atoms with Crippen LogP contribution in [0.1, 0.15) is 37.6 Å². The molecule has 1 saturated heterocycles. The Balaban J connectivity index is 1.80. The third-order valence-electron chi connectivity index (χ3n) is 4.82. The van der Waals surface area contributed by atoms with Gasteiger partial charge in [0.1, 0.15) is 12.6 Å². The molecule has 1 aliphatic rings. The van der Waals surface area contributed by atoms with Crippen molar-refractivity contribution in [2.24, 2.45) is 0 Å². The number of amides is 3. The summed E-state index contributed by atoms with van der Waals surface area (Å²) in [5.41, 5.74) is 0.979. The van der Waals surface area contributed by atoms with Gasteiger partial charge in [0.2, 0.25) is 5.91 Å². The lowest BCUT2D eigenvalue weighted by Crippen LogP contribution is -2.42. The fourth-order valence-corrected chi connectivity index (χ4v) is 3.42. The molecule has 8 heteroatoms. The number of carbonyl (C=O) groups is 3. The zero-order valence-corrected chi connectivity index (χ0v) is 16.1. The fraction of sp³-hybridized carbons (Fsp3) is 0.400. The smallest absolute Gasteiger partial charge is 0.326 e. The van der Waals surface area contributed by atoms with Crippen molar-refractivity contribution in [2.75, 3.05) is 6.54 Å². The van der Waals surface area contributed by atoms with Gasteiger partial charge in [0.05, 0.1) is 11.6 Å². The zero-order chi connectivity index (χ0) is 20.4. The predicted molar refractivity (Wildman–Crippen MR) is 104 cm³/mol. The molecule has 1 fully saturated rings. The number of hydrogen-bond donors (Lipinski definition) is 2. The molecule has 2 atom stereocenters. The molecule has 1 aromatic heterocycles. The molecule has 2 heterocycles. The van der Waals surface area contributed by atoms with Crippen molar-refractivity contribution < 1.29 is 14.4 Å². The van der Waals surface area contributed by atoms with E-state index in [-0.39, 0.29) is 36.5 Å². The van der Waals surface area contributed by atoms with E-state index in [2.05, 4.69) is 10.6 Å². The van der Waals surface area contributed by atoms with Crippen molar-refractivity contribution in [2.45, 2.75) is 45.3 Å². The highest BCUT2D eigenvalue weighted by molar-refractivity contribution is 6.02. The lowest BCUT2D eigenvalue weighted by atomic mass is 10.1. The largest absolute Gasteiger partial charge is 0.340 e. The number of aromatic nitrogens is 1. The van der Waals surface area contributed by atoms with Gasteiger partial charge >= 0.3 is 6.03 Å². The molecule has 0 radical (unpaired) electrons. The van der Waals surface area contributed by atoms with E-state index in [9.17, 15) is 14.4 Å². The second-order valence-electron chi connectivity index (χ2n) is 7.30. The summed E-state index contributed by atoms with van der Waals surface area (Å²) in [5.74, 6) is -0.633. The highest BCUT2D eigenvalue weighted by Crippen LogP contribution is 2.21. The highest BCUT2D eigenvalue weighted by Gasteiger charge is 2.37. The molecule has 0 spiro atoms. The molecular formula is C20H23N5O3. The summed E-state index contributed by atoms with van der Waals surface area (Å²) in [6.45, 7) is 5.61. The standard InChI is InChI=1S/C20H23N5O3/c1-12(2)22-20(28)25-8-6-14-4-5-15(11-17(14)25)18(26)23-16-10-13(3)24(9-7-21)19(16)27/h4-6,8,11-13,16H,9-10H2,1-3H3,(H,22,28)(H,23,26).